The number of rotatable bonds is 5. The molecule has 34 heavy (non-hydrogen) atoms. The van der Waals surface area contributed by atoms with Gasteiger partial charge in [0.2, 0.25) is 5.95 Å². The lowest BCUT2D eigenvalue weighted by Gasteiger charge is -2.44. The van der Waals surface area contributed by atoms with Crippen molar-refractivity contribution in [2.24, 2.45) is 0 Å². The molecule has 0 aliphatic carbocycles. The monoisotopic (exact) mass is 456 g/mol. The Morgan fingerprint density at radius 3 is 2.91 bits per heavy atom. The zero-order valence-electron chi connectivity index (χ0n) is 18.9. The van der Waals surface area contributed by atoms with Crippen LogP contribution in [0, 0.1) is 6.92 Å². The molecule has 0 radical (unpaired) electrons. The Bertz CT molecular complexity index is 1400. The van der Waals surface area contributed by atoms with Gasteiger partial charge in [0.25, 0.3) is 5.91 Å². The quantitative estimate of drug-likeness (QED) is 0.471. The summed E-state index contributed by atoms with van der Waals surface area (Å²) in [6.45, 7) is 4.97. The minimum absolute atomic E-state index is 0.0257. The van der Waals surface area contributed by atoms with Gasteiger partial charge in [0.15, 0.2) is 0 Å². The first kappa shape index (κ1) is 20.5. The minimum Gasteiger partial charge on any atom is -0.497 e. The van der Waals surface area contributed by atoms with Crippen molar-refractivity contribution in [3.05, 3.63) is 65.0 Å². The number of H-pyrrole nitrogens is 1. The summed E-state index contributed by atoms with van der Waals surface area (Å²) in [6, 6.07) is 11.7. The van der Waals surface area contributed by atoms with Gasteiger partial charge in [0.05, 0.1) is 18.3 Å². The lowest BCUT2D eigenvalue weighted by molar-refractivity contribution is 0.0249. The predicted octanol–water partition coefficient (Wildman–Crippen LogP) is 2.65. The van der Waals surface area contributed by atoms with Crippen molar-refractivity contribution >= 4 is 28.6 Å². The number of nitrogens with one attached hydrogen (secondary N) is 2. The van der Waals surface area contributed by atoms with Gasteiger partial charge >= 0.3 is 0 Å². The molecule has 0 bridgehead atoms. The Kier molecular flexibility index (Phi) is 4.88. The number of ether oxygens (including phenoxy) is 1. The molecule has 4 heterocycles. The third kappa shape index (κ3) is 3.71. The maximum absolute atomic E-state index is 12.9. The van der Waals surface area contributed by atoms with E-state index in [4.69, 9.17) is 9.72 Å². The average molecular weight is 457 g/mol. The van der Waals surface area contributed by atoms with E-state index in [1.807, 2.05) is 48.4 Å². The summed E-state index contributed by atoms with van der Waals surface area (Å²) in [5, 5.41) is 13.9. The van der Waals surface area contributed by atoms with Gasteiger partial charge in [-0.3, -0.25) is 14.8 Å². The van der Waals surface area contributed by atoms with Gasteiger partial charge in [-0.15, -0.1) is 5.10 Å². The van der Waals surface area contributed by atoms with Crippen molar-refractivity contribution < 1.29 is 9.53 Å². The molecule has 2 aromatic carbocycles. The van der Waals surface area contributed by atoms with Gasteiger partial charge in [-0.2, -0.15) is 0 Å². The summed E-state index contributed by atoms with van der Waals surface area (Å²) in [5.74, 6) is 1.39. The molecule has 172 valence electrons. The third-order valence-corrected chi connectivity index (χ3v) is 6.46. The van der Waals surface area contributed by atoms with Crippen LogP contribution in [0.25, 0.3) is 11.0 Å². The number of aryl methyl sites for hydroxylation is 1. The number of anilines is 2. The molecule has 1 fully saturated rings. The second-order valence-corrected chi connectivity index (χ2v) is 8.84. The fourth-order valence-corrected chi connectivity index (χ4v) is 4.57. The number of benzene rings is 2. The van der Waals surface area contributed by atoms with Crippen LogP contribution in [0.4, 0.5) is 11.6 Å². The number of amides is 1. The van der Waals surface area contributed by atoms with Crippen LogP contribution in [-0.2, 0) is 13.1 Å². The molecule has 1 saturated heterocycles. The fraction of sp³-hybridized carbons (Fsp3) is 0.292. The number of methoxy groups -OCH3 is 1. The van der Waals surface area contributed by atoms with Gasteiger partial charge in [0.1, 0.15) is 11.3 Å². The summed E-state index contributed by atoms with van der Waals surface area (Å²) in [6.07, 6.45) is 1.90. The second kappa shape index (κ2) is 8.07. The van der Waals surface area contributed by atoms with Gasteiger partial charge in [-0.25, -0.2) is 9.97 Å². The Hall–Kier alpha value is -4.05. The highest BCUT2D eigenvalue weighted by Gasteiger charge is 2.38. The molecule has 1 amide bonds. The number of aromatic nitrogens is 5. The van der Waals surface area contributed by atoms with E-state index < -0.39 is 0 Å². The zero-order valence-corrected chi connectivity index (χ0v) is 18.9. The fourth-order valence-electron chi connectivity index (χ4n) is 4.57. The smallest absolute Gasteiger partial charge is 0.254 e. The molecule has 4 aromatic rings. The number of carbonyl (C=O) groups excluding carboxylic acids is 1. The lowest BCUT2D eigenvalue weighted by atomic mass is 10.0. The van der Waals surface area contributed by atoms with E-state index in [1.54, 1.807) is 13.2 Å². The largest absolute Gasteiger partial charge is 0.497 e. The average Bonchev–Trinajstić information content (AvgIpc) is 3.43. The molecule has 2 aliphatic rings. The standard InChI is InChI=1S/C24H24N8O2/c1-14-5-17(8-19(6-14)34-2)26-24-25-9-16-10-31(13-22(16)27-24)18-11-32(12-18)23(33)15-3-4-20-21(7-15)29-30-28-20/h3-9,18H,10-13H2,1-2H3,(H,25,26,27)(H,28,29,30). The summed E-state index contributed by atoms with van der Waals surface area (Å²) >= 11 is 0. The Balaban J connectivity index is 1.09. The first-order valence-electron chi connectivity index (χ1n) is 11.2. The normalized spacial score (nSPS) is 15.9. The van der Waals surface area contributed by atoms with Crippen molar-refractivity contribution in [1.82, 2.24) is 35.2 Å². The highest BCUT2D eigenvalue weighted by molar-refractivity contribution is 5.97. The van der Waals surface area contributed by atoms with Crippen LogP contribution in [0.15, 0.2) is 42.6 Å². The first-order valence-corrected chi connectivity index (χ1v) is 11.2. The number of aromatic amines is 1. The SMILES string of the molecule is COc1cc(C)cc(Nc2ncc3c(n2)CN(C2CN(C(=O)c4ccc5[nH]nnc5c4)C2)C3)c1. The van der Waals surface area contributed by atoms with Crippen LogP contribution in [0.2, 0.25) is 0 Å². The molecule has 0 unspecified atom stereocenters. The highest BCUT2D eigenvalue weighted by Crippen LogP contribution is 2.29. The highest BCUT2D eigenvalue weighted by atomic mass is 16.5. The first-order chi connectivity index (χ1) is 16.6. The molecule has 0 atom stereocenters. The topological polar surface area (TPSA) is 112 Å². The van der Waals surface area contributed by atoms with E-state index in [0.29, 0.717) is 36.2 Å². The number of likely N-dealkylation sites (tertiary alicyclic amines) is 1. The predicted molar refractivity (Wildman–Crippen MR) is 126 cm³/mol. The van der Waals surface area contributed by atoms with Gasteiger partial charge < -0.3 is 15.0 Å². The summed E-state index contributed by atoms with van der Waals surface area (Å²) in [7, 11) is 1.66. The number of fused-ring (bicyclic) bond motifs is 2. The van der Waals surface area contributed by atoms with Crippen molar-refractivity contribution in [2.45, 2.75) is 26.1 Å². The molecule has 10 nitrogen and oxygen atoms in total. The van der Waals surface area contributed by atoms with E-state index in [2.05, 4.69) is 30.6 Å². The lowest BCUT2D eigenvalue weighted by Crippen LogP contribution is -2.59. The minimum atomic E-state index is 0.0257. The van der Waals surface area contributed by atoms with Crippen molar-refractivity contribution in [3.63, 3.8) is 0 Å². The molecular weight excluding hydrogens is 432 g/mol. The van der Waals surface area contributed by atoms with Crippen LogP contribution in [0.1, 0.15) is 27.2 Å². The zero-order chi connectivity index (χ0) is 23.2. The molecule has 6 rings (SSSR count). The summed E-state index contributed by atoms with van der Waals surface area (Å²) < 4.78 is 5.35. The van der Waals surface area contributed by atoms with Crippen molar-refractivity contribution in [2.75, 3.05) is 25.5 Å². The summed E-state index contributed by atoms with van der Waals surface area (Å²) in [5.41, 5.74) is 6.31. The molecule has 10 heteroatoms. The van der Waals surface area contributed by atoms with Crippen LogP contribution in [0.3, 0.4) is 0 Å². The Morgan fingerprint density at radius 2 is 2.06 bits per heavy atom. The number of carbonyl (C=O) groups is 1. The van der Waals surface area contributed by atoms with E-state index in [0.717, 1.165) is 46.9 Å². The van der Waals surface area contributed by atoms with Crippen LogP contribution < -0.4 is 10.1 Å². The van der Waals surface area contributed by atoms with Crippen LogP contribution in [0.5, 0.6) is 5.75 Å². The van der Waals surface area contributed by atoms with Crippen molar-refractivity contribution in [1.29, 1.82) is 0 Å². The van der Waals surface area contributed by atoms with E-state index >= 15 is 0 Å². The molecular formula is C24H24N8O2. The number of nitrogens with zero attached hydrogens (tertiary/aromatic N) is 6. The Morgan fingerprint density at radius 1 is 1.18 bits per heavy atom. The van der Waals surface area contributed by atoms with Gasteiger partial charge in [-0.05, 0) is 42.8 Å². The second-order valence-electron chi connectivity index (χ2n) is 8.84. The van der Waals surface area contributed by atoms with Crippen molar-refractivity contribution in [3.8, 4) is 5.75 Å². The van der Waals surface area contributed by atoms with Crippen LogP contribution >= 0.6 is 0 Å². The third-order valence-electron chi connectivity index (χ3n) is 6.46. The molecule has 0 saturated carbocycles. The van der Waals surface area contributed by atoms with Gasteiger partial charge in [0, 0.05) is 61.3 Å². The van der Waals surface area contributed by atoms with E-state index in [9.17, 15) is 4.79 Å². The van der Waals surface area contributed by atoms with Crippen LogP contribution in [-0.4, -0.2) is 67.3 Å². The summed E-state index contributed by atoms with van der Waals surface area (Å²) in [4.78, 5) is 26.4. The molecule has 0 spiro atoms. The maximum atomic E-state index is 12.9. The van der Waals surface area contributed by atoms with Gasteiger partial charge in [-0.1, -0.05) is 5.21 Å². The molecule has 2 aromatic heterocycles. The molecule has 2 N–H and O–H groups in total. The van der Waals surface area contributed by atoms with E-state index in [-0.39, 0.29) is 5.91 Å². The number of hydrogen-bond donors (Lipinski definition) is 2. The molecule has 2 aliphatic heterocycles. The number of hydrogen-bond acceptors (Lipinski definition) is 8. The Labute approximate surface area is 196 Å². The van der Waals surface area contributed by atoms with E-state index in [1.165, 1.54) is 0 Å². The maximum Gasteiger partial charge on any atom is 0.254 e.